The van der Waals surface area contributed by atoms with E-state index in [1.54, 1.807) is 13.2 Å². The number of piperidine rings is 1. The van der Waals surface area contributed by atoms with E-state index >= 15 is 0 Å². The van der Waals surface area contributed by atoms with Crippen LogP contribution in [0.3, 0.4) is 0 Å². The van der Waals surface area contributed by atoms with Crippen LogP contribution in [0.15, 0.2) is 36.5 Å². The van der Waals surface area contributed by atoms with Crippen molar-refractivity contribution in [1.29, 1.82) is 0 Å². The fraction of sp³-hybridized carbons (Fsp3) is 0.667. The molecule has 1 aromatic heterocycles. The quantitative estimate of drug-likeness (QED) is 0.430. The molecular formula is C30H42F2N4O2. The molecule has 6 nitrogen and oxygen atoms in total. The lowest BCUT2D eigenvalue weighted by molar-refractivity contribution is -0.143. The molecule has 1 aromatic carbocycles. The number of benzene rings is 1. The number of alkyl halides is 2. The maximum absolute atomic E-state index is 14.6. The summed E-state index contributed by atoms with van der Waals surface area (Å²) in [7, 11) is 1.66. The van der Waals surface area contributed by atoms with Gasteiger partial charge in [-0.05, 0) is 75.1 Å². The number of carboxylic acid groups (broad SMARTS) is 1. The first-order chi connectivity index (χ1) is 18.2. The Morgan fingerprint density at radius 2 is 1.89 bits per heavy atom. The zero-order chi connectivity index (χ0) is 26.9. The molecule has 3 fully saturated rings. The number of hydrogen-bond acceptors (Lipinski definition) is 4. The van der Waals surface area contributed by atoms with E-state index in [2.05, 4.69) is 46.1 Å². The Morgan fingerprint density at radius 3 is 2.53 bits per heavy atom. The van der Waals surface area contributed by atoms with E-state index in [1.165, 1.54) is 21.9 Å². The zero-order valence-electron chi connectivity index (χ0n) is 22.7. The minimum absolute atomic E-state index is 0.133. The highest BCUT2D eigenvalue weighted by Gasteiger charge is 2.42. The summed E-state index contributed by atoms with van der Waals surface area (Å²) in [6.45, 7) is 6.47. The Balaban J connectivity index is 1.18. The number of nitrogens with zero attached hydrogens (tertiary/aromatic N) is 4. The van der Waals surface area contributed by atoms with Crippen LogP contribution in [0.4, 0.5) is 8.78 Å². The van der Waals surface area contributed by atoms with Crippen molar-refractivity contribution >= 4 is 5.97 Å². The molecule has 1 saturated carbocycles. The summed E-state index contributed by atoms with van der Waals surface area (Å²) in [5.74, 6) is -2.02. The number of halogens is 2. The van der Waals surface area contributed by atoms with Gasteiger partial charge in [0.2, 0.25) is 0 Å². The first kappa shape index (κ1) is 27.3. The fourth-order valence-electron chi connectivity index (χ4n) is 6.61. The molecule has 0 radical (unpaired) electrons. The van der Waals surface area contributed by atoms with Crippen molar-refractivity contribution in [3.63, 3.8) is 0 Å². The largest absolute Gasteiger partial charge is 0.480 e. The van der Waals surface area contributed by atoms with Crippen LogP contribution in [0, 0.1) is 24.7 Å². The smallest absolute Gasteiger partial charge is 0.320 e. The van der Waals surface area contributed by atoms with Gasteiger partial charge in [-0.15, -0.1) is 0 Å². The number of aliphatic carboxylic acids is 1. The first-order valence-corrected chi connectivity index (χ1v) is 14.3. The summed E-state index contributed by atoms with van der Waals surface area (Å²) in [6.07, 6.45) is 6.88. The maximum atomic E-state index is 14.6. The van der Waals surface area contributed by atoms with Gasteiger partial charge in [-0.1, -0.05) is 42.7 Å². The average Bonchev–Trinajstić information content (AvgIpc) is 3.44. The normalized spacial score (nSPS) is 24.6. The molecule has 3 unspecified atom stereocenters. The summed E-state index contributed by atoms with van der Waals surface area (Å²) >= 11 is 0. The number of likely N-dealkylation sites (tertiary alicyclic amines) is 2. The summed E-state index contributed by atoms with van der Waals surface area (Å²) in [4.78, 5) is 16.9. The molecule has 2 aromatic rings. The highest BCUT2D eigenvalue weighted by molar-refractivity contribution is 5.73. The van der Waals surface area contributed by atoms with Gasteiger partial charge in [-0.2, -0.15) is 13.9 Å². The Kier molecular flexibility index (Phi) is 8.19. The number of carbonyl (C=O) groups is 1. The van der Waals surface area contributed by atoms with Gasteiger partial charge < -0.3 is 10.0 Å². The molecular weight excluding hydrogens is 486 g/mol. The van der Waals surface area contributed by atoms with Crippen molar-refractivity contribution in [2.75, 3.05) is 32.7 Å². The third-order valence-corrected chi connectivity index (χ3v) is 9.07. The van der Waals surface area contributed by atoms with Gasteiger partial charge in [0.25, 0.3) is 5.92 Å². The van der Waals surface area contributed by atoms with E-state index in [9.17, 15) is 18.7 Å². The second-order valence-corrected chi connectivity index (χ2v) is 12.1. The molecule has 38 heavy (non-hydrogen) atoms. The Labute approximate surface area is 225 Å². The second-order valence-electron chi connectivity index (χ2n) is 12.1. The lowest BCUT2D eigenvalue weighted by Gasteiger charge is -2.35. The van der Waals surface area contributed by atoms with E-state index in [1.807, 2.05) is 0 Å². The minimum atomic E-state index is -2.88. The Bertz CT molecular complexity index is 1090. The van der Waals surface area contributed by atoms with Gasteiger partial charge in [0.05, 0.1) is 0 Å². The van der Waals surface area contributed by atoms with E-state index in [-0.39, 0.29) is 12.1 Å². The molecule has 5 rings (SSSR count). The predicted octanol–water partition coefficient (Wildman–Crippen LogP) is 5.28. The lowest BCUT2D eigenvalue weighted by Crippen LogP contribution is -2.42. The van der Waals surface area contributed by atoms with Crippen LogP contribution in [0.25, 0.3) is 0 Å². The molecule has 3 atom stereocenters. The summed E-state index contributed by atoms with van der Waals surface area (Å²) < 4.78 is 30.7. The van der Waals surface area contributed by atoms with Crippen molar-refractivity contribution in [3.05, 3.63) is 53.3 Å². The SMILES string of the molecule is Cc1cccc(C2CN(C(CC3CC3)C(=O)O)CC2CN2CCC(CCC(F)(F)c3ccn(C)n3)CC2)c1. The Hall–Kier alpha value is -2.32. The third-order valence-electron chi connectivity index (χ3n) is 9.07. The zero-order valence-corrected chi connectivity index (χ0v) is 22.7. The molecule has 2 saturated heterocycles. The van der Waals surface area contributed by atoms with Crippen LogP contribution < -0.4 is 0 Å². The monoisotopic (exact) mass is 528 g/mol. The highest BCUT2D eigenvalue weighted by atomic mass is 19.3. The molecule has 8 heteroatoms. The van der Waals surface area contributed by atoms with Gasteiger partial charge in [-0.3, -0.25) is 14.4 Å². The second kappa shape index (κ2) is 11.4. The fourth-order valence-corrected chi connectivity index (χ4v) is 6.61. The number of carboxylic acids is 1. The van der Waals surface area contributed by atoms with Crippen LogP contribution in [-0.4, -0.2) is 69.4 Å². The van der Waals surface area contributed by atoms with E-state index in [4.69, 9.17) is 0 Å². The van der Waals surface area contributed by atoms with Crippen molar-refractivity contribution in [3.8, 4) is 0 Å². The van der Waals surface area contributed by atoms with E-state index in [0.717, 1.165) is 64.8 Å². The summed E-state index contributed by atoms with van der Waals surface area (Å²) in [5.41, 5.74) is 2.40. The molecule has 0 spiro atoms. The predicted molar refractivity (Wildman–Crippen MR) is 143 cm³/mol. The van der Waals surface area contributed by atoms with E-state index < -0.39 is 17.9 Å². The standard InChI is InChI=1S/C30H42F2N4O2/c1-21-4-3-5-24(16-21)26-20-36(27(29(37)38)17-23-6-7-23)19-25(26)18-35-14-9-22(10-15-35)8-12-30(31,32)28-11-13-34(2)33-28/h3-5,11,13,16,22-23,25-27H,6-10,12,14-15,17-20H2,1-2H3,(H,37,38). The number of hydrogen-bond donors (Lipinski definition) is 1. The van der Waals surface area contributed by atoms with Crippen LogP contribution in [0.5, 0.6) is 0 Å². The molecule has 1 N–H and O–H groups in total. The van der Waals surface area contributed by atoms with Crippen molar-refractivity contribution in [2.24, 2.45) is 24.8 Å². The third kappa shape index (κ3) is 6.63. The van der Waals surface area contributed by atoms with Gasteiger partial charge in [-0.25, -0.2) is 0 Å². The Morgan fingerprint density at radius 1 is 1.13 bits per heavy atom. The van der Waals surface area contributed by atoms with Crippen LogP contribution >= 0.6 is 0 Å². The maximum Gasteiger partial charge on any atom is 0.320 e. The number of rotatable bonds is 11. The van der Waals surface area contributed by atoms with Gasteiger partial charge in [0, 0.05) is 45.2 Å². The molecule has 3 heterocycles. The number of aryl methyl sites for hydroxylation is 2. The first-order valence-electron chi connectivity index (χ1n) is 14.3. The summed E-state index contributed by atoms with van der Waals surface area (Å²) in [6, 6.07) is 9.68. The molecule has 3 aliphatic rings. The molecule has 1 aliphatic carbocycles. The minimum Gasteiger partial charge on any atom is -0.480 e. The highest BCUT2D eigenvalue weighted by Crippen LogP contribution is 2.40. The lowest BCUT2D eigenvalue weighted by atomic mass is 9.86. The van der Waals surface area contributed by atoms with Crippen LogP contribution in [0.2, 0.25) is 0 Å². The van der Waals surface area contributed by atoms with Crippen LogP contribution in [-0.2, 0) is 17.8 Å². The molecule has 2 aliphatic heterocycles. The van der Waals surface area contributed by atoms with E-state index in [0.29, 0.717) is 30.1 Å². The van der Waals surface area contributed by atoms with Crippen LogP contribution in [0.1, 0.15) is 67.7 Å². The van der Waals surface area contributed by atoms with Crippen molar-refractivity contribution in [1.82, 2.24) is 19.6 Å². The van der Waals surface area contributed by atoms with Crippen molar-refractivity contribution in [2.45, 2.75) is 69.8 Å². The van der Waals surface area contributed by atoms with Gasteiger partial charge >= 0.3 is 5.97 Å². The van der Waals surface area contributed by atoms with Crippen molar-refractivity contribution < 1.29 is 18.7 Å². The number of aromatic nitrogens is 2. The summed E-state index contributed by atoms with van der Waals surface area (Å²) in [5, 5.41) is 13.9. The van der Waals surface area contributed by atoms with Gasteiger partial charge in [0.15, 0.2) is 0 Å². The topological polar surface area (TPSA) is 61.6 Å². The molecule has 208 valence electrons. The average molecular weight is 529 g/mol. The molecule has 0 amide bonds. The molecule has 0 bridgehead atoms. The van der Waals surface area contributed by atoms with Gasteiger partial charge in [0.1, 0.15) is 11.7 Å².